The predicted octanol–water partition coefficient (Wildman–Crippen LogP) is 16.3. The largest absolute Gasteiger partial charge is 0.372 e. The van der Waals surface area contributed by atoms with Crippen LogP contribution in [0.2, 0.25) is 0 Å². The van der Waals surface area contributed by atoms with E-state index < -0.39 is 0 Å². The molecule has 3 saturated carbocycles. The number of pyridine rings is 3. The summed E-state index contributed by atoms with van der Waals surface area (Å²) in [5.74, 6) is 3.10. The molecule has 3 saturated heterocycles. The van der Waals surface area contributed by atoms with Gasteiger partial charge < -0.3 is 45.1 Å². The summed E-state index contributed by atoms with van der Waals surface area (Å²) in [6.45, 7) is 42.2. The molecule has 0 radical (unpaired) electrons. The highest BCUT2D eigenvalue weighted by Crippen LogP contribution is 2.57. The fourth-order valence-corrected chi connectivity index (χ4v) is 21.6. The molecule has 18 nitrogen and oxygen atoms in total. The van der Waals surface area contributed by atoms with E-state index in [1.54, 1.807) is 33.6 Å². The number of nitrogens with zero attached hydrogens (tertiary/aromatic N) is 9. The highest BCUT2D eigenvalue weighted by molar-refractivity contribution is 7.19. The second-order valence-electron chi connectivity index (χ2n) is 30.0. The van der Waals surface area contributed by atoms with Crippen molar-refractivity contribution in [1.82, 2.24) is 74.7 Å². The van der Waals surface area contributed by atoms with Crippen molar-refractivity contribution < 1.29 is 14.2 Å². The van der Waals surface area contributed by atoms with E-state index in [4.69, 9.17) is 14.2 Å². The van der Waals surface area contributed by atoms with Gasteiger partial charge in [0.25, 0.3) is 0 Å². The minimum absolute atomic E-state index is 0. The molecule has 512 valence electrons. The Balaban J connectivity index is 0.000000118. The summed E-state index contributed by atoms with van der Waals surface area (Å²) in [6, 6.07) is 0. The van der Waals surface area contributed by atoms with Crippen LogP contribution in [-0.4, -0.2) is 135 Å². The normalized spacial score (nSPS) is 23.4. The molecule has 3 spiro atoms. The van der Waals surface area contributed by atoms with Crippen molar-refractivity contribution in [3.05, 3.63) is 119 Å². The van der Waals surface area contributed by atoms with Crippen LogP contribution in [-0.2, 0) is 14.2 Å². The van der Waals surface area contributed by atoms with E-state index in [0.29, 0.717) is 35.5 Å². The third-order valence-electron chi connectivity index (χ3n) is 23.0. The molecule has 0 aromatic carbocycles. The molecule has 3 aliphatic carbocycles. The van der Waals surface area contributed by atoms with E-state index in [-0.39, 0.29) is 24.2 Å². The topological polar surface area (TPSA) is 202 Å². The first kappa shape index (κ1) is 66.2. The number of fused-ring (bicyclic) bond motifs is 6. The number of aryl methyl sites for hydroxylation is 6. The number of H-pyrrole nitrogens is 3. The van der Waals surface area contributed by atoms with Crippen LogP contribution in [0, 0.1) is 62.3 Å². The number of hydrogen-bond acceptors (Lipinski definition) is 15. The number of ether oxygens (including phenoxy) is 3. The summed E-state index contributed by atoms with van der Waals surface area (Å²) in [5.41, 5.74) is 26.4. The summed E-state index contributed by atoms with van der Waals surface area (Å²) < 4.78 is 24.2. The van der Waals surface area contributed by atoms with Crippen LogP contribution in [0.4, 0.5) is 0 Å². The van der Waals surface area contributed by atoms with Crippen LogP contribution in [0.1, 0.15) is 204 Å². The highest BCUT2D eigenvalue weighted by Gasteiger charge is 2.51. The fraction of sp³-hybridized carbons (Fsp3) is 0.526. The van der Waals surface area contributed by atoms with Crippen molar-refractivity contribution in [3.63, 3.8) is 0 Å². The Kier molecular flexibility index (Phi) is 17.0. The maximum absolute atomic E-state index is 6.16. The lowest BCUT2D eigenvalue weighted by molar-refractivity contribution is -0.125. The molecule has 0 unspecified atom stereocenters. The zero-order valence-electron chi connectivity index (χ0n) is 58.5. The summed E-state index contributed by atoms with van der Waals surface area (Å²) in [7, 11) is 0. The third kappa shape index (κ3) is 10.8. The fourth-order valence-electron chi connectivity index (χ4n) is 17.6. The Morgan fingerprint density at radius 1 is 0.402 bits per heavy atom. The van der Waals surface area contributed by atoms with E-state index in [1.165, 1.54) is 131 Å². The number of nitrogens with one attached hydrogen (secondary N) is 6. The first-order valence-corrected chi connectivity index (χ1v) is 37.5. The number of aromatic amines is 3. The minimum atomic E-state index is 0. The second-order valence-corrected chi connectivity index (χ2v) is 33.2. The minimum Gasteiger partial charge on any atom is -0.372 e. The van der Waals surface area contributed by atoms with Crippen LogP contribution in [0.3, 0.4) is 0 Å². The molecule has 12 aromatic rings. The standard InChI is InChI=1S/3C25H31N5OS.CH4/c3*1-13(2)19-20-16(5)22(17-8-25(9-17)11-26-6-7-31-25)32-24(20)29-21(19)18-10-30-23(27-12-28-30)15(4)14(18)3;/h3*10,12-13,17,26,29H,6-9,11H2,1-5H3;1H4. The van der Waals surface area contributed by atoms with Crippen LogP contribution < -0.4 is 16.0 Å². The summed E-state index contributed by atoms with van der Waals surface area (Å²) in [6.07, 6.45) is 18.1. The van der Waals surface area contributed by atoms with Gasteiger partial charge in [-0.1, -0.05) is 49.0 Å². The van der Waals surface area contributed by atoms with Gasteiger partial charge in [0.1, 0.15) is 33.5 Å². The average Bonchev–Trinajstić information content (AvgIpc) is 1.62. The Hall–Kier alpha value is -6.66. The van der Waals surface area contributed by atoms with Gasteiger partial charge in [0.05, 0.1) is 53.7 Å². The monoisotopic (exact) mass is 1360 g/mol. The van der Waals surface area contributed by atoms with Gasteiger partial charge in [-0.25, -0.2) is 28.5 Å². The molecule has 21 heteroatoms. The lowest BCUT2D eigenvalue weighted by atomic mass is 9.69. The molecular weight excluding hydrogens is 1270 g/mol. The summed E-state index contributed by atoms with van der Waals surface area (Å²) in [4.78, 5) is 33.3. The molecule has 15 heterocycles. The second kappa shape index (κ2) is 24.9. The Labute approximate surface area is 580 Å². The number of morpholine rings is 3. The molecule has 0 amide bonds. The van der Waals surface area contributed by atoms with Crippen molar-refractivity contribution in [2.24, 2.45) is 0 Å². The van der Waals surface area contributed by atoms with Gasteiger partial charge in [0.2, 0.25) is 0 Å². The first-order valence-electron chi connectivity index (χ1n) is 35.0. The van der Waals surface area contributed by atoms with Gasteiger partial charge in [-0.15, -0.1) is 34.0 Å². The van der Waals surface area contributed by atoms with Crippen LogP contribution in [0.25, 0.3) is 81.4 Å². The number of hydrogen-bond donors (Lipinski definition) is 6. The van der Waals surface area contributed by atoms with Gasteiger partial charge in [0, 0.05) is 105 Å². The van der Waals surface area contributed by atoms with E-state index in [2.05, 4.69) is 184 Å². The van der Waals surface area contributed by atoms with Crippen molar-refractivity contribution >= 4 is 81.6 Å². The molecule has 6 aliphatic rings. The number of thiophene rings is 3. The molecule has 0 atom stereocenters. The van der Waals surface area contributed by atoms with Crippen molar-refractivity contribution in [3.8, 4) is 33.8 Å². The summed E-state index contributed by atoms with van der Waals surface area (Å²) >= 11 is 5.85. The van der Waals surface area contributed by atoms with E-state index in [0.717, 1.165) is 115 Å². The van der Waals surface area contributed by atoms with E-state index in [9.17, 15) is 0 Å². The van der Waals surface area contributed by atoms with Crippen LogP contribution >= 0.6 is 34.0 Å². The highest BCUT2D eigenvalue weighted by atomic mass is 32.1. The quantitative estimate of drug-likeness (QED) is 0.0800. The Bertz CT molecular complexity index is 4480. The van der Waals surface area contributed by atoms with Crippen LogP contribution in [0.5, 0.6) is 0 Å². The molecule has 18 rings (SSSR count). The lowest BCUT2D eigenvalue weighted by Crippen LogP contribution is -2.56. The average molecular weight is 1360 g/mol. The van der Waals surface area contributed by atoms with Gasteiger partial charge in [0.15, 0.2) is 16.9 Å². The van der Waals surface area contributed by atoms with Crippen molar-refractivity contribution in [2.75, 3.05) is 59.1 Å². The Morgan fingerprint density at radius 2 is 0.670 bits per heavy atom. The van der Waals surface area contributed by atoms with Gasteiger partial charge in [-0.3, -0.25) is 0 Å². The molecule has 6 fully saturated rings. The lowest BCUT2D eigenvalue weighted by Gasteiger charge is -2.49. The van der Waals surface area contributed by atoms with Crippen molar-refractivity contribution in [2.45, 2.75) is 202 Å². The smallest absolute Gasteiger partial charge is 0.158 e. The van der Waals surface area contributed by atoms with Gasteiger partial charge in [-0.05, 0) is 203 Å². The molecule has 3 aliphatic heterocycles. The molecule has 0 bridgehead atoms. The number of rotatable bonds is 9. The number of aromatic nitrogens is 12. The maximum Gasteiger partial charge on any atom is 0.158 e. The SMILES string of the molecule is C.Cc1c(-c2[nH]c3sc(C4CC5(CNCCO5)C4)c(C)c3c2C(C)C)cn2ncnc2c1C.Cc1c(-c2[nH]c3sc(C4CC5(CNCCO5)C4)c(C)c3c2C(C)C)cn2ncnc2c1C.Cc1c(-c2[nH]c3sc(C4CC5(CNCCO5)C4)c(C)c3c2C(C)C)cn2ncnc2c1C. The summed E-state index contributed by atoms with van der Waals surface area (Å²) in [5, 5.41) is 28.1. The zero-order chi connectivity index (χ0) is 66.6. The van der Waals surface area contributed by atoms with Gasteiger partial charge in [-0.2, -0.15) is 15.3 Å². The maximum atomic E-state index is 6.16. The van der Waals surface area contributed by atoms with Crippen molar-refractivity contribution in [1.29, 1.82) is 0 Å². The first-order chi connectivity index (χ1) is 46.2. The third-order valence-corrected chi connectivity index (χ3v) is 27.1. The predicted molar refractivity (Wildman–Crippen MR) is 397 cm³/mol. The molecular formula is C76H97N15O3S3. The molecule has 97 heavy (non-hydrogen) atoms. The molecule has 6 N–H and O–H groups in total. The van der Waals surface area contributed by atoms with E-state index >= 15 is 0 Å². The van der Waals surface area contributed by atoms with Crippen LogP contribution in [0.15, 0.2) is 37.6 Å². The zero-order valence-corrected chi connectivity index (χ0v) is 61.0. The van der Waals surface area contributed by atoms with E-state index in [1.807, 2.05) is 47.6 Å². The Morgan fingerprint density at radius 3 is 0.907 bits per heavy atom. The van der Waals surface area contributed by atoms with Gasteiger partial charge >= 0.3 is 0 Å². The molecule has 12 aromatic heterocycles.